The first-order valence-corrected chi connectivity index (χ1v) is 6.49. The fourth-order valence-electron chi connectivity index (χ4n) is 1.91. The molecule has 1 aromatic carbocycles. The first kappa shape index (κ1) is 14.2. The molecule has 0 bridgehead atoms. The maximum Gasteiger partial charge on any atom is 0.417 e. The van der Waals surface area contributed by atoms with E-state index < -0.39 is 11.7 Å². The van der Waals surface area contributed by atoms with Crippen molar-refractivity contribution in [3.63, 3.8) is 0 Å². The van der Waals surface area contributed by atoms with Crippen molar-refractivity contribution in [2.24, 2.45) is 0 Å². The molecule has 3 nitrogen and oxygen atoms in total. The molecule has 0 atom stereocenters. The van der Waals surface area contributed by atoms with Gasteiger partial charge in [-0.15, -0.1) is 10.2 Å². The van der Waals surface area contributed by atoms with Crippen LogP contribution in [0.15, 0.2) is 36.5 Å². The topological polar surface area (TPSA) is 30.2 Å². The van der Waals surface area contributed by atoms with Crippen LogP contribution >= 0.6 is 23.2 Å². The number of hydrogen-bond acceptors (Lipinski definition) is 2. The lowest BCUT2D eigenvalue weighted by atomic mass is 10.2. The molecule has 0 amide bonds. The van der Waals surface area contributed by atoms with Crippen LogP contribution in [0.2, 0.25) is 10.0 Å². The molecule has 3 aromatic rings. The fourth-order valence-corrected chi connectivity index (χ4v) is 2.41. The van der Waals surface area contributed by atoms with Crippen LogP contribution < -0.4 is 0 Å². The van der Waals surface area contributed by atoms with E-state index in [1.165, 1.54) is 16.5 Å². The highest BCUT2D eigenvalue weighted by Gasteiger charge is 2.31. The Morgan fingerprint density at radius 3 is 2.43 bits per heavy atom. The number of hydrogen-bond donors (Lipinski definition) is 0. The van der Waals surface area contributed by atoms with Gasteiger partial charge in [0.25, 0.3) is 0 Å². The summed E-state index contributed by atoms with van der Waals surface area (Å²) in [6.45, 7) is 0. The monoisotopic (exact) mass is 331 g/mol. The van der Waals surface area contributed by atoms with Gasteiger partial charge in [-0.05, 0) is 30.3 Å². The van der Waals surface area contributed by atoms with E-state index in [0.29, 0.717) is 16.2 Å². The average molecular weight is 332 g/mol. The van der Waals surface area contributed by atoms with Gasteiger partial charge in [0.2, 0.25) is 0 Å². The predicted octanol–water partition coefficient (Wildman–Crippen LogP) is 4.72. The molecule has 0 spiro atoms. The first-order valence-electron chi connectivity index (χ1n) is 5.73. The molecule has 0 saturated heterocycles. The van der Waals surface area contributed by atoms with Crippen molar-refractivity contribution in [3.8, 4) is 11.4 Å². The lowest BCUT2D eigenvalue weighted by Crippen LogP contribution is -2.06. The van der Waals surface area contributed by atoms with Gasteiger partial charge in [0.05, 0.1) is 10.6 Å². The molecular weight excluding hydrogens is 326 g/mol. The van der Waals surface area contributed by atoms with E-state index in [4.69, 9.17) is 23.2 Å². The van der Waals surface area contributed by atoms with Crippen LogP contribution in [0.1, 0.15) is 5.56 Å². The quantitative estimate of drug-likeness (QED) is 0.645. The molecule has 8 heteroatoms. The first-order chi connectivity index (χ1) is 9.86. The molecule has 2 aromatic heterocycles. The van der Waals surface area contributed by atoms with Crippen molar-refractivity contribution < 1.29 is 13.2 Å². The van der Waals surface area contributed by atoms with Crippen LogP contribution in [0.5, 0.6) is 0 Å². The maximum atomic E-state index is 12.8. The Morgan fingerprint density at radius 1 is 1.00 bits per heavy atom. The van der Waals surface area contributed by atoms with Gasteiger partial charge in [0.15, 0.2) is 11.5 Å². The molecule has 108 valence electrons. The van der Waals surface area contributed by atoms with Crippen molar-refractivity contribution >= 4 is 28.8 Å². The van der Waals surface area contributed by atoms with Crippen LogP contribution in [0.3, 0.4) is 0 Å². The summed E-state index contributed by atoms with van der Waals surface area (Å²) in [6, 6.07) is 6.87. The van der Waals surface area contributed by atoms with Crippen LogP contribution in [0, 0.1) is 0 Å². The molecule has 0 saturated carbocycles. The highest BCUT2D eigenvalue weighted by atomic mass is 35.5. The minimum absolute atomic E-state index is 0.220. The zero-order valence-corrected chi connectivity index (χ0v) is 11.7. The SMILES string of the molecule is FC(F)(F)c1ccc2nnc(-c3ccc(Cl)cc3Cl)n2c1. The van der Waals surface area contributed by atoms with Gasteiger partial charge >= 0.3 is 6.18 Å². The Kier molecular flexibility index (Phi) is 3.30. The summed E-state index contributed by atoms with van der Waals surface area (Å²) in [5, 5.41) is 8.44. The lowest BCUT2D eigenvalue weighted by Gasteiger charge is -2.08. The highest BCUT2D eigenvalue weighted by Crippen LogP contribution is 2.32. The normalized spacial score (nSPS) is 12.0. The molecule has 0 aliphatic carbocycles. The fraction of sp³-hybridized carbons (Fsp3) is 0.0769. The Bertz CT molecular complexity index is 827. The van der Waals surface area contributed by atoms with Gasteiger partial charge in [0.1, 0.15) is 0 Å². The number of benzene rings is 1. The molecule has 0 aliphatic rings. The van der Waals surface area contributed by atoms with Crippen LogP contribution in [-0.4, -0.2) is 14.6 Å². The van der Waals surface area contributed by atoms with E-state index in [2.05, 4.69) is 10.2 Å². The summed E-state index contributed by atoms with van der Waals surface area (Å²) in [5.41, 5.74) is -0.0435. The van der Waals surface area contributed by atoms with Crippen molar-refractivity contribution in [2.75, 3.05) is 0 Å². The van der Waals surface area contributed by atoms with E-state index in [9.17, 15) is 13.2 Å². The summed E-state index contributed by atoms with van der Waals surface area (Å²) in [7, 11) is 0. The molecule has 0 aliphatic heterocycles. The zero-order chi connectivity index (χ0) is 15.2. The number of nitrogens with zero attached hydrogens (tertiary/aromatic N) is 3. The second kappa shape index (κ2) is 4.89. The molecule has 0 N–H and O–H groups in total. The molecule has 0 fully saturated rings. The van der Waals surface area contributed by atoms with Crippen LogP contribution in [0.4, 0.5) is 13.2 Å². The second-order valence-corrected chi connectivity index (χ2v) is 5.14. The summed E-state index contributed by atoms with van der Waals surface area (Å²) in [4.78, 5) is 0. The van der Waals surface area contributed by atoms with Gasteiger partial charge in [-0.3, -0.25) is 4.40 Å². The summed E-state index contributed by atoms with van der Waals surface area (Å²) in [5.74, 6) is 0.220. The third-order valence-electron chi connectivity index (χ3n) is 2.90. The van der Waals surface area contributed by atoms with E-state index in [1.807, 2.05) is 0 Å². The third kappa shape index (κ3) is 2.56. The molecule has 0 radical (unpaired) electrons. The molecule has 21 heavy (non-hydrogen) atoms. The van der Waals surface area contributed by atoms with E-state index in [0.717, 1.165) is 12.3 Å². The predicted molar refractivity (Wildman–Crippen MR) is 73.4 cm³/mol. The summed E-state index contributed by atoms with van der Waals surface area (Å²) in [6.07, 6.45) is -3.50. The maximum absolute atomic E-state index is 12.8. The summed E-state index contributed by atoms with van der Waals surface area (Å²) >= 11 is 11.9. The van der Waals surface area contributed by atoms with Crippen LogP contribution in [-0.2, 0) is 6.18 Å². The largest absolute Gasteiger partial charge is 0.417 e. The van der Waals surface area contributed by atoms with E-state index >= 15 is 0 Å². The lowest BCUT2D eigenvalue weighted by molar-refractivity contribution is -0.137. The standard InChI is InChI=1S/C13H6Cl2F3N3/c14-8-2-3-9(10(15)5-8)12-20-19-11-4-1-7(6-21(11)12)13(16,17)18/h1-6H. The van der Waals surface area contributed by atoms with Gasteiger partial charge in [-0.1, -0.05) is 23.2 Å². The van der Waals surface area contributed by atoms with E-state index in [1.54, 1.807) is 12.1 Å². The van der Waals surface area contributed by atoms with Gasteiger partial charge in [-0.2, -0.15) is 13.2 Å². The Morgan fingerprint density at radius 2 is 1.76 bits per heavy atom. The summed E-state index contributed by atoms with van der Waals surface area (Å²) < 4.78 is 39.6. The van der Waals surface area contributed by atoms with Crippen molar-refractivity contribution in [1.82, 2.24) is 14.6 Å². The minimum atomic E-state index is -4.44. The molecule has 0 unspecified atom stereocenters. The van der Waals surface area contributed by atoms with Crippen molar-refractivity contribution in [2.45, 2.75) is 6.18 Å². The Labute approximate surface area is 126 Å². The number of aromatic nitrogens is 3. The highest BCUT2D eigenvalue weighted by molar-refractivity contribution is 6.36. The zero-order valence-electron chi connectivity index (χ0n) is 10.2. The third-order valence-corrected chi connectivity index (χ3v) is 3.45. The molecule has 2 heterocycles. The van der Waals surface area contributed by atoms with Gasteiger partial charge < -0.3 is 0 Å². The molecular formula is C13H6Cl2F3N3. The average Bonchev–Trinajstić information content (AvgIpc) is 2.80. The van der Waals surface area contributed by atoms with E-state index in [-0.39, 0.29) is 10.8 Å². The second-order valence-electron chi connectivity index (χ2n) is 4.29. The Hall–Kier alpha value is -1.79. The smallest absolute Gasteiger partial charge is 0.282 e. The van der Waals surface area contributed by atoms with Gasteiger partial charge in [0, 0.05) is 16.8 Å². The Balaban J connectivity index is 2.23. The van der Waals surface area contributed by atoms with Crippen LogP contribution in [0.25, 0.3) is 17.0 Å². The minimum Gasteiger partial charge on any atom is -0.282 e. The number of halogens is 5. The number of fused-ring (bicyclic) bond motifs is 1. The number of rotatable bonds is 1. The van der Waals surface area contributed by atoms with Gasteiger partial charge in [-0.25, -0.2) is 0 Å². The number of pyridine rings is 1. The molecule has 3 rings (SSSR count). The van der Waals surface area contributed by atoms with Crippen molar-refractivity contribution in [1.29, 1.82) is 0 Å². The number of alkyl halides is 3. The van der Waals surface area contributed by atoms with Crippen molar-refractivity contribution in [3.05, 3.63) is 52.1 Å².